The summed E-state index contributed by atoms with van der Waals surface area (Å²) in [7, 11) is 3.93. The highest BCUT2D eigenvalue weighted by molar-refractivity contribution is 9.10. The van der Waals surface area contributed by atoms with E-state index in [2.05, 4.69) is 26.2 Å². The lowest BCUT2D eigenvalue weighted by molar-refractivity contribution is 0.0938. The SMILES string of the molecule is CN(C)CCCNC(=O)c1c2c(n3cc(Br)ccc13)C(=O)c1ncccc1C2=O. The zero-order valence-electron chi connectivity index (χ0n) is 16.0. The van der Waals surface area contributed by atoms with E-state index in [4.69, 9.17) is 0 Å². The predicted octanol–water partition coefficient (Wildman–Crippen LogP) is 2.55. The number of nitrogens with one attached hydrogen (secondary N) is 1. The Morgan fingerprint density at radius 2 is 2.00 bits per heavy atom. The normalized spacial score (nSPS) is 13.0. The first-order valence-electron chi connectivity index (χ1n) is 9.21. The van der Waals surface area contributed by atoms with Crippen molar-refractivity contribution >= 4 is 38.9 Å². The molecular weight excluding hydrogens is 436 g/mol. The quantitative estimate of drug-likeness (QED) is 0.468. The minimum absolute atomic E-state index is 0.113. The number of pyridine rings is 2. The molecule has 1 aliphatic carbocycles. The molecule has 3 aromatic rings. The van der Waals surface area contributed by atoms with Crippen LogP contribution in [0.3, 0.4) is 0 Å². The molecule has 0 aliphatic heterocycles. The number of nitrogens with zero attached hydrogens (tertiary/aromatic N) is 3. The van der Waals surface area contributed by atoms with Crippen LogP contribution in [-0.4, -0.2) is 58.9 Å². The molecule has 1 aliphatic rings. The highest BCUT2D eigenvalue weighted by atomic mass is 79.9. The van der Waals surface area contributed by atoms with Gasteiger partial charge in [0.05, 0.1) is 22.2 Å². The van der Waals surface area contributed by atoms with Gasteiger partial charge in [-0.1, -0.05) is 0 Å². The van der Waals surface area contributed by atoms with E-state index in [1.54, 1.807) is 34.9 Å². The molecule has 3 heterocycles. The van der Waals surface area contributed by atoms with Crippen molar-refractivity contribution in [2.45, 2.75) is 6.42 Å². The number of rotatable bonds is 5. The molecule has 29 heavy (non-hydrogen) atoms. The molecule has 7 nitrogen and oxygen atoms in total. The minimum Gasteiger partial charge on any atom is -0.352 e. The topological polar surface area (TPSA) is 83.8 Å². The van der Waals surface area contributed by atoms with Crippen LogP contribution in [0.5, 0.6) is 0 Å². The molecule has 0 fully saturated rings. The third kappa shape index (κ3) is 3.28. The average molecular weight is 455 g/mol. The maximum atomic E-state index is 13.2. The molecule has 3 aromatic heterocycles. The largest absolute Gasteiger partial charge is 0.352 e. The molecule has 0 saturated heterocycles. The van der Waals surface area contributed by atoms with Crippen molar-refractivity contribution in [2.24, 2.45) is 0 Å². The van der Waals surface area contributed by atoms with Crippen LogP contribution in [0.1, 0.15) is 48.9 Å². The molecule has 0 atom stereocenters. The van der Waals surface area contributed by atoms with E-state index >= 15 is 0 Å². The number of amides is 1. The van der Waals surface area contributed by atoms with Gasteiger partial charge in [0, 0.05) is 23.4 Å². The van der Waals surface area contributed by atoms with E-state index in [1.807, 2.05) is 19.0 Å². The molecule has 0 radical (unpaired) electrons. The summed E-state index contributed by atoms with van der Waals surface area (Å²) in [5, 5.41) is 2.89. The Morgan fingerprint density at radius 3 is 2.76 bits per heavy atom. The Labute approximate surface area is 175 Å². The molecular formula is C21H19BrN4O3. The van der Waals surface area contributed by atoms with Gasteiger partial charge in [-0.05, 0) is 67.3 Å². The smallest absolute Gasteiger partial charge is 0.254 e. The monoisotopic (exact) mass is 454 g/mol. The number of halogens is 1. The van der Waals surface area contributed by atoms with Gasteiger partial charge in [0.1, 0.15) is 11.4 Å². The summed E-state index contributed by atoms with van der Waals surface area (Å²) in [5.41, 5.74) is 1.39. The van der Waals surface area contributed by atoms with Crippen LogP contribution in [0.25, 0.3) is 5.52 Å². The van der Waals surface area contributed by atoms with Crippen molar-refractivity contribution in [3.8, 4) is 0 Å². The fourth-order valence-corrected chi connectivity index (χ4v) is 3.94. The standard InChI is InChI=1S/C21H19BrN4O3/c1-25(2)10-4-9-24-21(29)15-14-7-6-12(22)11-26(14)18-16(15)19(27)13-5-3-8-23-17(13)20(18)28/h3,5-8,11H,4,9-10H2,1-2H3,(H,24,29). The van der Waals surface area contributed by atoms with Gasteiger partial charge in [-0.25, -0.2) is 0 Å². The molecule has 8 heteroatoms. The van der Waals surface area contributed by atoms with Gasteiger partial charge in [-0.3, -0.25) is 19.4 Å². The van der Waals surface area contributed by atoms with Crippen molar-refractivity contribution in [1.29, 1.82) is 0 Å². The summed E-state index contributed by atoms with van der Waals surface area (Å²) >= 11 is 3.40. The summed E-state index contributed by atoms with van der Waals surface area (Å²) in [4.78, 5) is 45.6. The lowest BCUT2D eigenvalue weighted by atomic mass is 9.89. The molecule has 0 bridgehead atoms. The van der Waals surface area contributed by atoms with Crippen molar-refractivity contribution in [3.05, 3.63) is 69.2 Å². The number of fused-ring (bicyclic) bond motifs is 4. The maximum Gasteiger partial charge on any atom is 0.254 e. The zero-order chi connectivity index (χ0) is 20.7. The summed E-state index contributed by atoms with van der Waals surface area (Å²) in [6, 6.07) is 6.70. The van der Waals surface area contributed by atoms with Crippen LogP contribution in [0.15, 0.2) is 41.1 Å². The Bertz CT molecular complexity index is 1170. The maximum absolute atomic E-state index is 13.2. The first-order chi connectivity index (χ1) is 13.9. The average Bonchev–Trinajstić information content (AvgIpc) is 3.04. The molecule has 1 amide bonds. The van der Waals surface area contributed by atoms with Crippen molar-refractivity contribution in [1.82, 2.24) is 19.6 Å². The van der Waals surface area contributed by atoms with Crippen molar-refractivity contribution < 1.29 is 14.4 Å². The van der Waals surface area contributed by atoms with Crippen LogP contribution in [0.4, 0.5) is 0 Å². The van der Waals surface area contributed by atoms with E-state index in [0.717, 1.165) is 17.4 Å². The number of ketones is 2. The third-order valence-electron chi connectivity index (χ3n) is 4.90. The lowest BCUT2D eigenvalue weighted by Crippen LogP contribution is -2.29. The fraction of sp³-hybridized carbons (Fsp3) is 0.238. The molecule has 0 saturated carbocycles. The molecule has 0 unspecified atom stereocenters. The second-order valence-corrected chi connectivity index (χ2v) is 8.09. The van der Waals surface area contributed by atoms with E-state index < -0.39 is 0 Å². The van der Waals surface area contributed by atoms with E-state index in [1.165, 1.54) is 6.20 Å². The van der Waals surface area contributed by atoms with Crippen molar-refractivity contribution in [2.75, 3.05) is 27.2 Å². The van der Waals surface area contributed by atoms with E-state index in [-0.39, 0.29) is 45.6 Å². The molecule has 4 rings (SSSR count). The number of carbonyl (C=O) groups is 3. The highest BCUT2D eigenvalue weighted by Crippen LogP contribution is 2.33. The molecule has 0 spiro atoms. The fourth-order valence-electron chi connectivity index (χ4n) is 3.61. The van der Waals surface area contributed by atoms with Crippen LogP contribution in [-0.2, 0) is 0 Å². The van der Waals surface area contributed by atoms with Gasteiger partial charge in [-0.2, -0.15) is 0 Å². The Kier molecular flexibility index (Phi) is 5.06. The Hall–Kier alpha value is -2.84. The van der Waals surface area contributed by atoms with Gasteiger partial charge in [0.15, 0.2) is 5.78 Å². The first-order valence-corrected chi connectivity index (χ1v) is 10.0. The van der Waals surface area contributed by atoms with Crippen molar-refractivity contribution in [3.63, 3.8) is 0 Å². The summed E-state index contributed by atoms with van der Waals surface area (Å²) in [6.45, 7) is 1.30. The Morgan fingerprint density at radius 1 is 1.21 bits per heavy atom. The minimum atomic E-state index is -0.366. The van der Waals surface area contributed by atoms with Gasteiger partial charge >= 0.3 is 0 Å². The highest BCUT2D eigenvalue weighted by Gasteiger charge is 2.38. The van der Waals surface area contributed by atoms with Gasteiger partial charge in [0.25, 0.3) is 5.91 Å². The molecule has 0 aromatic carbocycles. The predicted molar refractivity (Wildman–Crippen MR) is 112 cm³/mol. The van der Waals surface area contributed by atoms with Crippen LogP contribution >= 0.6 is 15.9 Å². The third-order valence-corrected chi connectivity index (χ3v) is 5.37. The van der Waals surface area contributed by atoms with Crippen LogP contribution in [0, 0.1) is 0 Å². The van der Waals surface area contributed by atoms with Crippen LogP contribution in [0.2, 0.25) is 0 Å². The number of aromatic nitrogens is 2. The number of hydrogen-bond donors (Lipinski definition) is 1. The van der Waals surface area contributed by atoms with E-state index in [0.29, 0.717) is 12.1 Å². The first kappa shape index (κ1) is 19.5. The molecule has 1 N–H and O–H groups in total. The number of carbonyl (C=O) groups excluding carboxylic acids is 3. The lowest BCUT2D eigenvalue weighted by Gasteiger charge is -2.15. The molecule has 148 valence electrons. The summed E-state index contributed by atoms with van der Waals surface area (Å²) < 4.78 is 2.33. The second kappa shape index (κ2) is 7.53. The van der Waals surface area contributed by atoms with Gasteiger partial charge in [0.2, 0.25) is 5.78 Å². The van der Waals surface area contributed by atoms with Crippen LogP contribution < -0.4 is 5.32 Å². The Balaban J connectivity index is 1.85. The summed E-state index contributed by atoms with van der Waals surface area (Å²) in [6.07, 6.45) is 3.95. The summed E-state index contributed by atoms with van der Waals surface area (Å²) in [5.74, 6) is -1.09. The second-order valence-electron chi connectivity index (χ2n) is 7.17. The number of hydrogen-bond acceptors (Lipinski definition) is 5. The van der Waals surface area contributed by atoms with E-state index in [9.17, 15) is 14.4 Å². The zero-order valence-corrected chi connectivity index (χ0v) is 17.6. The van der Waals surface area contributed by atoms with Gasteiger partial charge < -0.3 is 14.6 Å². The van der Waals surface area contributed by atoms with Gasteiger partial charge in [-0.15, -0.1) is 0 Å².